The van der Waals surface area contributed by atoms with Crippen LogP contribution in [0.25, 0.3) is 0 Å². The maximum absolute atomic E-state index is 9.10. The summed E-state index contributed by atoms with van der Waals surface area (Å²) in [5, 5.41) is 9.10. The molecule has 0 aromatic rings. The summed E-state index contributed by atoms with van der Waals surface area (Å²) in [5.41, 5.74) is 0. The zero-order valence-corrected chi connectivity index (χ0v) is 5.30. The molecule has 1 N–H and O–H groups in total. The van der Waals surface area contributed by atoms with Crippen LogP contribution in [0.15, 0.2) is 0 Å². The third-order valence-electron chi connectivity index (χ3n) is 1.73. The SMILES string of the molecule is CN1CCCCC1O. The average molecular weight is 115 g/mol. The van der Waals surface area contributed by atoms with E-state index in [4.69, 9.17) is 5.11 Å². The standard InChI is InChI=1S/C6H13NO/c1-7-5-3-2-4-6(7)8/h6,8H,2-5H2,1H3. The fourth-order valence-corrected chi connectivity index (χ4v) is 1.06. The Morgan fingerprint density at radius 2 is 2.25 bits per heavy atom. The van der Waals surface area contributed by atoms with E-state index < -0.39 is 0 Å². The molecule has 1 fully saturated rings. The molecule has 1 heterocycles. The van der Waals surface area contributed by atoms with E-state index in [1.54, 1.807) is 0 Å². The molecule has 1 saturated heterocycles. The van der Waals surface area contributed by atoms with Gasteiger partial charge in [-0.2, -0.15) is 0 Å². The smallest absolute Gasteiger partial charge is 0.107 e. The monoisotopic (exact) mass is 115 g/mol. The van der Waals surface area contributed by atoms with Gasteiger partial charge in [0.2, 0.25) is 0 Å². The Balaban J connectivity index is 2.28. The topological polar surface area (TPSA) is 23.5 Å². The van der Waals surface area contributed by atoms with E-state index in [9.17, 15) is 0 Å². The molecule has 0 spiro atoms. The lowest BCUT2D eigenvalue weighted by atomic mass is 10.1. The summed E-state index contributed by atoms with van der Waals surface area (Å²) in [5.74, 6) is 0. The second kappa shape index (κ2) is 2.46. The minimum absolute atomic E-state index is 0.163. The number of hydrogen-bond acceptors (Lipinski definition) is 2. The van der Waals surface area contributed by atoms with E-state index >= 15 is 0 Å². The number of hydrogen-bond donors (Lipinski definition) is 1. The van der Waals surface area contributed by atoms with Crippen molar-refractivity contribution in [2.75, 3.05) is 13.6 Å². The Morgan fingerprint density at radius 3 is 2.62 bits per heavy atom. The minimum atomic E-state index is -0.163. The van der Waals surface area contributed by atoms with Crippen LogP contribution in [0.1, 0.15) is 19.3 Å². The Bertz CT molecular complexity index is 64.9. The Kier molecular flexibility index (Phi) is 1.86. The summed E-state index contributed by atoms with van der Waals surface area (Å²) >= 11 is 0. The lowest BCUT2D eigenvalue weighted by Crippen LogP contribution is -2.35. The van der Waals surface area contributed by atoms with Crippen molar-refractivity contribution in [2.24, 2.45) is 0 Å². The molecule has 1 aliphatic rings. The summed E-state index contributed by atoms with van der Waals surface area (Å²) in [4.78, 5) is 1.99. The fraction of sp³-hybridized carbons (Fsp3) is 1.00. The number of rotatable bonds is 0. The molecule has 48 valence electrons. The van der Waals surface area contributed by atoms with Crippen molar-refractivity contribution in [1.29, 1.82) is 0 Å². The molecule has 0 bridgehead atoms. The first-order chi connectivity index (χ1) is 3.80. The van der Waals surface area contributed by atoms with Gasteiger partial charge in [0.1, 0.15) is 6.23 Å². The number of likely N-dealkylation sites (tertiary alicyclic amines) is 1. The van der Waals surface area contributed by atoms with Gasteiger partial charge >= 0.3 is 0 Å². The van der Waals surface area contributed by atoms with Gasteiger partial charge in [-0.3, -0.25) is 4.90 Å². The summed E-state index contributed by atoms with van der Waals surface area (Å²) in [6.07, 6.45) is 3.22. The molecule has 1 rings (SSSR count). The molecule has 8 heavy (non-hydrogen) atoms. The summed E-state index contributed by atoms with van der Waals surface area (Å²) < 4.78 is 0. The van der Waals surface area contributed by atoms with Crippen molar-refractivity contribution in [3.63, 3.8) is 0 Å². The summed E-state index contributed by atoms with van der Waals surface area (Å²) in [6.45, 7) is 1.06. The van der Waals surface area contributed by atoms with E-state index in [1.165, 1.54) is 12.8 Å². The van der Waals surface area contributed by atoms with Crippen LogP contribution in [0.4, 0.5) is 0 Å². The molecule has 0 aliphatic carbocycles. The van der Waals surface area contributed by atoms with Crippen LogP contribution in [0.3, 0.4) is 0 Å². The van der Waals surface area contributed by atoms with Gasteiger partial charge < -0.3 is 5.11 Å². The first-order valence-electron chi connectivity index (χ1n) is 3.19. The maximum atomic E-state index is 9.10. The van der Waals surface area contributed by atoms with Gasteiger partial charge in [0.25, 0.3) is 0 Å². The predicted octanol–water partition coefficient (Wildman–Crippen LogP) is 0.420. The van der Waals surface area contributed by atoms with Gasteiger partial charge in [-0.25, -0.2) is 0 Å². The molecule has 0 aromatic heterocycles. The van der Waals surface area contributed by atoms with E-state index in [0.717, 1.165) is 13.0 Å². The van der Waals surface area contributed by atoms with E-state index in [2.05, 4.69) is 0 Å². The highest BCUT2D eigenvalue weighted by Crippen LogP contribution is 2.11. The maximum Gasteiger partial charge on any atom is 0.107 e. The number of aliphatic hydroxyl groups excluding tert-OH is 1. The van der Waals surface area contributed by atoms with Crippen LogP contribution >= 0.6 is 0 Å². The quantitative estimate of drug-likeness (QED) is 0.494. The second-order valence-electron chi connectivity index (χ2n) is 2.46. The van der Waals surface area contributed by atoms with Crippen LogP contribution in [-0.2, 0) is 0 Å². The molecule has 2 heteroatoms. The van der Waals surface area contributed by atoms with Crippen LogP contribution in [0, 0.1) is 0 Å². The van der Waals surface area contributed by atoms with Gasteiger partial charge in [-0.05, 0) is 26.3 Å². The molecule has 1 aliphatic heterocycles. The number of aliphatic hydroxyl groups is 1. The molecule has 0 amide bonds. The van der Waals surface area contributed by atoms with Crippen molar-refractivity contribution >= 4 is 0 Å². The average Bonchev–Trinajstić information content (AvgIpc) is 1.77. The molecular weight excluding hydrogens is 102 g/mol. The molecule has 0 saturated carbocycles. The molecule has 0 radical (unpaired) electrons. The highest BCUT2D eigenvalue weighted by atomic mass is 16.3. The van der Waals surface area contributed by atoms with E-state index in [1.807, 2.05) is 11.9 Å². The van der Waals surface area contributed by atoms with Crippen LogP contribution < -0.4 is 0 Å². The van der Waals surface area contributed by atoms with Crippen molar-refractivity contribution in [3.8, 4) is 0 Å². The Morgan fingerprint density at radius 1 is 1.50 bits per heavy atom. The van der Waals surface area contributed by atoms with Crippen LogP contribution in [0.2, 0.25) is 0 Å². The van der Waals surface area contributed by atoms with Crippen molar-refractivity contribution < 1.29 is 5.11 Å². The molecule has 0 aromatic carbocycles. The highest BCUT2D eigenvalue weighted by Gasteiger charge is 2.14. The van der Waals surface area contributed by atoms with Gasteiger partial charge in [-0.15, -0.1) is 0 Å². The normalized spacial score (nSPS) is 33.0. The molecule has 1 unspecified atom stereocenters. The van der Waals surface area contributed by atoms with Gasteiger partial charge in [0.05, 0.1) is 0 Å². The third kappa shape index (κ3) is 1.20. The molecule has 2 nitrogen and oxygen atoms in total. The van der Waals surface area contributed by atoms with E-state index in [-0.39, 0.29) is 6.23 Å². The van der Waals surface area contributed by atoms with Gasteiger partial charge in [0, 0.05) is 6.54 Å². The third-order valence-corrected chi connectivity index (χ3v) is 1.73. The highest BCUT2D eigenvalue weighted by molar-refractivity contribution is 4.63. The number of piperidine rings is 1. The van der Waals surface area contributed by atoms with Crippen LogP contribution in [-0.4, -0.2) is 29.8 Å². The molecule has 1 atom stereocenters. The minimum Gasteiger partial charge on any atom is -0.378 e. The van der Waals surface area contributed by atoms with E-state index in [0.29, 0.717) is 0 Å². The van der Waals surface area contributed by atoms with Crippen LogP contribution in [0.5, 0.6) is 0 Å². The summed E-state index contributed by atoms with van der Waals surface area (Å²) in [6, 6.07) is 0. The van der Waals surface area contributed by atoms with Crippen molar-refractivity contribution in [3.05, 3.63) is 0 Å². The molecular formula is C6H13NO. The Hall–Kier alpha value is -0.0800. The lowest BCUT2D eigenvalue weighted by Gasteiger charge is -2.27. The predicted molar refractivity (Wildman–Crippen MR) is 32.5 cm³/mol. The zero-order valence-electron chi connectivity index (χ0n) is 5.30. The fourth-order valence-electron chi connectivity index (χ4n) is 1.06. The Labute approximate surface area is 50.1 Å². The first kappa shape index (κ1) is 6.05. The van der Waals surface area contributed by atoms with Gasteiger partial charge in [-0.1, -0.05) is 0 Å². The first-order valence-corrected chi connectivity index (χ1v) is 3.19. The van der Waals surface area contributed by atoms with Crippen molar-refractivity contribution in [1.82, 2.24) is 4.90 Å². The zero-order chi connectivity index (χ0) is 5.98. The van der Waals surface area contributed by atoms with Gasteiger partial charge in [0.15, 0.2) is 0 Å². The summed E-state index contributed by atoms with van der Waals surface area (Å²) in [7, 11) is 1.96. The number of nitrogens with zero attached hydrogens (tertiary/aromatic N) is 1. The van der Waals surface area contributed by atoms with Crippen molar-refractivity contribution in [2.45, 2.75) is 25.5 Å². The largest absolute Gasteiger partial charge is 0.378 e. The second-order valence-corrected chi connectivity index (χ2v) is 2.46. The lowest BCUT2D eigenvalue weighted by molar-refractivity contribution is -0.00577.